The SMILES string of the molecule is Cc1ccccc1CS(=O)(=O)Cc1cc(F)cc(CN)c1. The molecule has 0 radical (unpaired) electrons. The van der Waals surface area contributed by atoms with E-state index in [9.17, 15) is 12.8 Å². The molecule has 0 atom stereocenters. The van der Waals surface area contributed by atoms with Crippen molar-refractivity contribution < 1.29 is 12.8 Å². The molecule has 0 fully saturated rings. The summed E-state index contributed by atoms with van der Waals surface area (Å²) >= 11 is 0. The van der Waals surface area contributed by atoms with Crippen molar-refractivity contribution in [3.8, 4) is 0 Å². The van der Waals surface area contributed by atoms with E-state index < -0.39 is 15.7 Å². The van der Waals surface area contributed by atoms with Gasteiger partial charge in [-0.1, -0.05) is 30.3 Å². The highest BCUT2D eigenvalue weighted by Gasteiger charge is 2.15. The minimum Gasteiger partial charge on any atom is -0.326 e. The predicted molar refractivity (Wildman–Crippen MR) is 81.8 cm³/mol. The first-order chi connectivity index (χ1) is 9.89. The Hall–Kier alpha value is -1.72. The van der Waals surface area contributed by atoms with Crippen LogP contribution in [-0.2, 0) is 27.9 Å². The highest BCUT2D eigenvalue weighted by Crippen LogP contribution is 2.17. The second-order valence-corrected chi connectivity index (χ2v) is 7.20. The van der Waals surface area contributed by atoms with Crippen LogP contribution in [0.3, 0.4) is 0 Å². The van der Waals surface area contributed by atoms with Crippen LogP contribution in [0.25, 0.3) is 0 Å². The van der Waals surface area contributed by atoms with Gasteiger partial charge in [-0.05, 0) is 41.3 Å². The van der Waals surface area contributed by atoms with Crippen LogP contribution < -0.4 is 5.73 Å². The molecular weight excluding hydrogens is 289 g/mol. The summed E-state index contributed by atoms with van der Waals surface area (Å²) in [6, 6.07) is 11.5. The summed E-state index contributed by atoms with van der Waals surface area (Å²) < 4.78 is 38.0. The molecule has 2 N–H and O–H groups in total. The Morgan fingerprint density at radius 2 is 1.71 bits per heavy atom. The van der Waals surface area contributed by atoms with Gasteiger partial charge in [0.2, 0.25) is 0 Å². The monoisotopic (exact) mass is 307 g/mol. The zero-order chi connectivity index (χ0) is 15.5. The molecule has 0 amide bonds. The van der Waals surface area contributed by atoms with E-state index in [1.807, 2.05) is 25.1 Å². The smallest absolute Gasteiger partial charge is 0.158 e. The molecule has 3 nitrogen and oxygen atoms in total. The Balaban J connectivity index is 2.22. The number of rotatable bonds is 5. The van der Waals surface area contributed by atoms with Crippen molar-refractivity contribution in [3.63, 3.8) is 0 Å². The van der Waals surface area contributed by atoms with Gasteiger partial charge in [0.15, 0.2) is 9.84 Å². The van der Waals surface area contributed by atoms with Gasteiger partial charge in [-0.15, -0.1) is 0 Å². The molecule has 5 heteroatoms. The number of sulfone groups is 1. The van der Waals surface area contributed by atoms with Crippen molar-refractivity contribution in [1.29, 1.82) is 0 Å². The second kappa shape index (κ2) is 6.37. The minimum atomic E-state index is -3.36. The average Bonchev–Trinajstić information content (AvgIpc) is 2.40. The van der Waals surface area contributed by atoms with Crippen LogP contribution in [0.15, 0.2) is 42.5 Å². The molecular formula is C16H18FNO2S. The average molecular weight is 307 g/mol. The third-order valence-corrected chi connectivity index (χ3v) is 4.80. The fourth-order valence-corrected chi connectivity index (χ4v) is 3.81. The molecule has 0 saturated heterocycles. The Labute approximate surface area is 124 Å². The van der Waals surface area contributed by atoms with E-state index in [-0.39, 0.29) is 18.1 Å². The molecule has 112 valence electrons. The first-order valence-electron chi connectivity index (χ1n) is 6.63. The van der Waals surface area contributed by atoms with E-state index in [4.69, 9.17) is 5.73 Å². The van der Waals surface area contributed by atoms with E-state index in [0.29, 0.717) is 11.1 Å². The Kier molecular flexibility index (Phi) is 4.75. The third kappa shape index (κ3) is 4.37. The Bertz CT molecular complexity index is 742. The van der Waals surface area contributed by atoms with Crippen molar-refractivity contribution in [2.45, 2.75) is 25.0 Å². The molecule has 0 aliphatic heterocycles. The van der Waals surface area contributed by atoms with Crippen LogP contribution in [-0.4, -0.2) is 8.42 Å². The summed E-state index contributed by atoms with van der Waals surface area (Å²) in [5.41, 5.74) is 8.21. The summed E-state index contributed by atoms with van der Waals surface area (Å²) in [4.78, 5) is 0. The first-order valence-corrected chi connectivity index (χ1v) is 8.45. The van der Waals surface area contributed by atoms with Crippen molar-refractivity contribution in [2.75, 3.05) is 0 Å². The number of nitrogens with two attached hydrogens (primary N) is 1. The van der Waals surface area contributed by atoms with Gasteiger partial charge in [0, 0.05) is 6.54 Å². The molecule has 2 aromatic rings. The normalized spacial score (nSPS) is 11.6. The topological polar surface area (TPSA) is 60.2 Å². The maximum atomic E-state index is 13.4. The molecule has 0 saturated carbocycles. The fourth-order valence-electron chi connectivity index (χ4n) is 2.23. The Morgan fingerprint density at radius 3 is 2.38 bits per heavy atom. The molecule has 0 spiro atoms. The first kappa shape index (κ1) is 15.7. The number of aryl methyl sites for hydroxylation is 1. The second-order valence-electron chi connectivity index (χ2n) is 5.13. The number of hydrogen-bond acceptors (Lipinski definition) is 3. The molecule has 2 aromatic carbocycles. The fraction of sp³-hybridized carbons (Fsp3) is 0.250. The number of hydrogen-bond donors (Lipinski definition) is 1. The van der Waals surface area contributed by atoms with E-state index in [1.165, 1.54) is 12.1 Å². The lowest BCUT2D eigenvalue weighted by Gasteiger charge is -2.08. The lowest BCUT2D eigenvalue weighted by molar-refractivity contribution is 0.593. The van der Waals surface area contributed by atoms with E-state index in [0.717, 1.165) is 11.1 Å². The van der Waals surface area contributed by atoms with Crippen molar-refractivity contribution in [2.24, 2.45) is 5.73 Å². The van der Waals surface area contributed by atoms with Crippen LogP contribution in [0.1, 0.15) is 22.3 Å². The summed E-state index contributed by atoms with van der Waals surface area (Å²) in [6.45, 7) is 2.06. The van der Waals surface area contributed by atoms with Crippen LogP contribution in [0, 0.1) is 12.7 Å². The molecule has 0 bridgehead atoms. The summed E-state index contributed by atoms with van der Waals surface area (Å²) in [5.74, 6) is -0.695. The highest BCUT2D eigenvalue weighted by atomic mass is 32.2. The lowest BCUT2D eigenvalue weighted by atomic mass is 10.1. The molecule has 0 aromatic heterocycles. The van der Waals surface area contributed by atoms with Gasteiger partial charge in [-0.3, -0.25) is 0 Å². The zero-order valence-corrected chi connectivity index (χ0v) is 12.7. The lowest BCUT2D eigenvalue weighted by Crippen LogP contribution is -2.09. The van der Waals surface area contributed by atoms with Gasteiger partial charge >= 0.3 is 0 Å². The number of benzene rings is 2. The molecule has 0 unspecified atom stereocenters. The maximum absolute atomic E-state index is 13.4. The quantitative estimate of drug-likeness (QED) is 0.924. The van der Waals surface area contributed by atoms with E-state index in [2.05, 4.69) is 0 Å². The molecule has 0 aliphatic rings. The van der Waals surface area contributed by atoms with Crippen LogP contribution in [0.5, 0.6) is 0 Å². The standard InChI is InChI=1S/C16H18FNO2S/c1-12-4-2-3-5-15(12)11-21(19,20)10-14-6-13(9-18)7-16(17)8-14/h2-8H,9-11,18H2,1H3. The predicted octanol–water partition coefficient (Wildman–Crippen LogP) is 2.71. The molecule has 0 aliphatic carbocycles. The maximum Gasteiger partial charge on any atom is 0.158 e. The summed E-state index contributed by atoms with van der Waals surface area (Å²) in [5, 5.41) is 0. The van der Waals surface area contributed by atoms with Crippen molar-refractivity contribution in [3.05, 3.63) is 70.5 Å². The molecule has 2 rings (SSSR count). The third-order valence-electron chi connectivity index (χ3n) is 3.28. The zero-order valence-electron chi connectivity index (χ0n) is 11.8. The summed E-state index contributed by atoms with van der Waals surface area (Å²) in [7, 11) is -3.36. The molecule has 0 heterocycles. The number of halogens is 1. The van der Waals surface area contributed by atoms with Gasteiger partial charge < -0.3 is 5.73 Å². The van der Waals surface area contributed by atoms with Gasteiger partial charge in [-0.2, -0.15) is 0 Å². The van der Waals surface area contributed by atoms with Crippen LogP contribution in [0.4, 0.5) is 4.39 Å². The van der Waals surface area contributed by atoms with Crippen molar-refractivity contribution >= 4 is 9.84 Å². The Morgan fingerprint density at radius 1 is 1.05 bits per heavy atom. The molecule has 21 heavy (non-hydrogen) atoms. The highest BCUT2D eigenvalue weighted by molar-refractivity contribution is 7.89. The van der Waals surface area contributed by atoms with Gasteiger partial charge in [0.05, 0.1) is 11.5 Å². The van der Waals surface area contributed by atoms with Gasteiger partial charge in [0.25, 0.3) is 0 Å². The summed E-state index contributed by atoms with van der Waals surface area (Å²) in [6.07, 6.45) is 0. The van der Waals surface area contributed by atoms with Gasteiger partial charge in [-0.25, -0.2) is 12.8 Å². The van der Waals surface area contributed by atoms with E-state index >= 15 is 0 Å². The largest absolute Gasteiger partial charge is 0.326 e. The minimum absolute atomic E-state index is 0.0475. The van der Waals surface area contributed by atoms with Crippen LogP contribution in [0.2, 0.25) is 0 Å². The van der Waals surface area contributed by atoms with Gasteiger partial charge in [0.1, 0.15) is 5.82 Å². The van der Waals surface area contributed by atoms with Crippen molar-refractivity contribution in [1.82, 2.24) is 0 Å². The van der Waals surface area contributed by atoms with Crippen LogP contribution >= 0.6 is 0 Å². The van der Waals surface area contributed by atoms with E-state index in [1.54, 1.807) is 12.1 Å².